The fourth-order valence-electron chi connectivity index (χ4n) is 1.11. The first-order valence-electron chi connectivity index (χ1n) is 3.98. The lowest BCUT2D eigenvalue weighted by Gasteiger charge is -2.09. The number of methoxy groups -OCH3 is 1. The molecule has 6 heteroatoms. The second-order valence-electron chi connectivity index (χ2n) is 2.66. The summed E-state index contributed by atoms with van der Waals surface area (Å²) in [6.45, 7) is 0. The summed E-state index contributed by atoms with van der Waals surface area (Å²) in [6.07, 6.45) is -3.09. The molecule has 15 heavy (non-hydrogen) atoms. The predicted molar refractivity (Wildman–Crippen MR) is 45.0 cm³/mol. The lowest BCUT2D eigenvalue weighted by Crippen LogP contribution is -2.02. The third-order valence-electron chi connectivity index (χ3n) is 1.71. The fraction of sp³-hybridized carbons (Fsp3) is 0.333. The van der Waals surface area contributed by atoms with E-state index in [2.05, 4.69) is 9.72 Å². The lowest BCUT2D eigenvalue weighted by molar-refractivity contribution is 0.145. The first-order chi connectivity index (χ1) is 7.10. The Hall–Kier alpha value is -1.77. The van der Waals surface area contributed by atoms with E-state index in [1.165, 1.54) is 0 Å². The molecule has 0 saturated heterocycles. The zero-order valence-electron chi connectivity index (χ0n) is 7.80. The monoisotopic (exact) mass is 216 g/mol. The summed E-state index contributed by atoms with van der Waals surface area (Å²) in [5, 5.41) is 8.34. The maximum atomic E-state index is 13.1. The number of halogens is 3. The second-order valence-corrected chi connectivity index (χ2v) is 2.66. The van der Waals surface area contributed by atoms with Crippen LogP contribution in [0, 0.1) is 17.3 Å². The van der Waals surface area contributed by atoms with Gasteiger partial charge in [-0.2, -0.15) is 9.65 Å². The number of aromatic nitrogens is 1. The number of hydrogen-bond donors (Lipinski definition) is 0. The van der Waals surface area contributed by atoms with Gasteiger partial charge in [0.25, 0.3) is 12.4 Å². The molecular formula is C9H7F3N2O. The summed E-state index contributed by atoms with van der Waals surface area (Å²) in [7, 11) is 1.08. The van der Waals surface area contributed by atoms with Crippen molar-refractivity contribution >= 4 is 0 Å². The molecule has 0 saturated carbocycles. The number of nitrogens with zero attached hydrogens (tertiary/aromatic N) is 2. The summed E-state index contributed by atoms with van der Waals surface area (Å²) in [5.74, 6) is -1.70. The molecule has 3 nitrogen and oxygen atoms in total. The van der Waals surface area contributed by atoms with Crippen molar-refractivity contribution in [2.45, 2.75) is 12.8 Å². The highest BCUT2D eigenvalue weighted by atomic mass is 19.3. The molecule has 1 heterocycles. The molecule has 0 atom stereocenters. The first kappa shape index (κ1) is 11.3. The third kappa shape index (κ3) is 2.37. The SMILES string of the molecule is COc1c(C(F)F)cc(CC#N)nc1F. The van der Waals surface area contributed by atoms with Crippen molar-refractivity contribution in [1.82, 2.24) is 4.98 Å². The second kappa shape index (κ2) is 4.64. The van der Waals surface area contributed by atoms with E-state index in [4.69, 9.17) is 5.26 Å². The van der Waals surface area contributed by atoms with Gasteiger partial charge in [-0.3, -0.25) is 0 Å². The van der Waals surface area contributed by atoms with Gasteiger partial charge in [-0.1, -0.05) is 0 Å². The van der Waals surface area contributed by atoms with Gasteiger partial charge in [0.05, 0.1) is 30.9 Å². The largest absolute Gasteiger partial charge is 0.492 e. The smallest absolute Gasteiger partial charge is 0.267 e. The minimum Gasteiger partial charge on any atom is -0.492 e. The van der Waals surface area contributed by atoms with Crippen LogP contribution in [0.4, 0.5) is 13.2 Å². The van der Waals surface area contributed by atoms with E-state index in [1.807, 2.05) is 0 Å². The number of hydrogen-bond acceptors (Lipinski definition) is 3. The highest BCUT2D eigenvalue weighted by Crippen LogP contribution is 2.30. The van der Waals surface area contributed by atoms with E-state index in [9.17, 15) is 13.2 Å². The summed E-state index contributed by atoms with van der Waals surface area (Å²) >= 11 is 0. The Morgan fingerprint density at radius 3 is 2.73 bits per heavy atom. The van der Waals surface area contributed by atoms with Crippen molar-refractivity contribution in [3.63, 3.8) is 0 Å². The highest BCUT2D eigenvalue weighted by molar-refractivity contribution is 5.35. The molecule has 1 rings (SSSR count). The molecule has 0 bridgehead atoms. The zero-order chi connectivity index (χ0) is 11.4. The molecule has 0 aliphatic carbocycles. The molecule has 0 unspecified atom stereocenters. The van der Waals surface area contributed by atoms with Crippen LogP contribution in [0.3, 0.4) is 0 Å². The fourth-order valence-corrected chi connectivity index (χ4v) is 1.11. The van der Waals surface area contributed by atoms with E-state index in [-0.39, 0.29) is 12.1 Å². The van der Waals surface area contributed by atoms with E-state index >= 15 is 0 Å². The van der Waals surface area contributed by atoms with Gasteiger partial charge in [-0.05, 0) is 6.07 Å². The molecule has 0 aliphatic heterocycles. The molecular weight excluding hydrogens is 209 g/mol. The van der Waals surface area contributed by atoms with Crippen LogP contribution in [-0.4, -0.2) is 12.1 Å². The van der Waals surface area contributed by atoms with Gasteiger partial charge in [-0.25, -0.2) is 13.8 Å². The number of pyridine rings is 1. The summed E-state index contributed by atoms with van der Waals surface area (Å²) in [5.41, 5.74) is -0.624. The van der Waals surface area contributed by atoms with Crippen molar-refractivity contribution in [2.75, 3.05) is 7.11 Å². The minimum atomic E-state index is -2.87. The Labute approximate surface area is 84.1 Å². The van der Waals surface area contributed by atoms with Crippen molar-refractivity contribution < 1.29 is 17.9 Å². The predicted octanol–water partition coefficient (Wildman–Crippen LogP) is 2.23. The van der Waals surface area contributed by atoms with Crippen molar-refractivity contribution in [3.05, 3.63) is 23.3 Å². The van der Waals surface area contributed by atoms with Crippen LogP contribution in [0.25, 0.3) is 0 Å². The third-order valence-corrected chi connectivity index (χ3v) is 1.71. The Balaban J connectivity index is 3.27. The van der Waals surface area contributed by atoms with Gasteiger partial charge in [0.2, 0.25) is 0 Å². The standard InChI is InChI=1S/C9H7F3N2O/c1-15-7-6(8(10)11)4-5(2-3-13)14-9(7)12/h4,8H,2H2,1H3. The molecule has 80 valence electrons. The lowest BCUT2D eigenvalue weighted by atomic mass is 10.2. The van der Waals surface area contributed by atoms with Gasteiger partial charge in [0.15, 0.2) is 5.75 Å². The number of ether oxygens (including phenoxy) is 1. The Bertz CT molecular complexity index is 401. The van der Waals surface area contributed by atoms with Gasteiger partial charge in [0.1, 0.15) is 0 Å². The maximum absolute atomic E-state index is 13.1. The van der Waals surface area contributed by atoms with Crippen LogP contribution in [0.2, 0.25) is 0 Å². The van der Waals surface area contributed by atoms with E-state index in [0.29, 0.717) is 0 Å². The van der Waals surface area contributed by atoms with Crippen LogP contribution in [0.1, 0.15) is 17.7 Å². The zero-order valence-corrected chi connectivity index (χ0v) is 7.80. The molecule has 0 fully saturated rings. The molecule has 0 aromatic carbocycles. The number of nitriles is 1. The summed E-state index contributed by atoms with van der Waals surface area (Å²) in [6, 6.07) is 2.67. The first-order valence-corrected chi connectivity index (χ1v) is 3.98. The Morgan fingerprint density at radius 1 is 1.60 bits per heavy atom. The molecule has 0 spiro atoms. The summed E-state index contributed by atoms with van der Waals surface area (Å²) in [4.78, 5) is 3.33. The van der Waals surface area contributed by atoms with Gasteiger partial charge in [-0.15, -0.1) is 0 Å². The molecule has 0 amide bonds. The molecule has 1 aromatic heterocycles. The van der Waals surface area contributed by atoms with E-state index in [1.54, 1.807) is 6.07 Å². The molecule has 0 N–H and O–H groups in total. The van der Waals surface area contributed by atoms with Gasteiger partial charge >= 0.3 is 0 Å². The van der Waals surface area contributed by atoms with Gasteiger partial charge < -0.3 is 4.74 Å². The minimum absolute atomic E-state index is 0.0360. The molecule has 0 aliphatic rings. The van der Waals surface area contributed by atoms with E-state index in [0.717, 1.165) is 13.2 Å². The Morgan fingerprint density at radius 2 is 2.27 bits per heavy atom. The normalized spacial score (nSPS) is 10.1. The average Bonchev–Trinajstić information content (AvgIpc) is 2.17. The molecule has 1 aromatic rings. The van der Waals surface area contributed by atoms with Crippen LogP contribution in [-0.2, 0) is 6.42 Å². The van der Waals surface area contributed by atoms with Crippen molar-refractivity contribution in [2.24, 2.45) is 0 Å². The summed E-state index contributed by atoms with van der Waals surface area (Å²) < 4.78 is 42.5. The average molecular weight is 216 g/mol. The number of rotatable bonds is 3. The molecule has 0 radical (unpaired) electrons. The van der Waals surface area contributed by atoms with Crippen molar-refractivity contribution in [3.8, 4) is 11.8 Å². The van der Waals surface area contributed by atoms with Crippen LogP contribution in [0.5, 0.6) is 5.75 Å². The maximum Gasteiger partial charge on any atom is 0.267 e. The number of alkyl halides is 2. The Kier molecular flexibility index (Phi) is 3.50. The van der Waals surface area contributed by atoms with E-state index < -0.39 is 23.7 Å². The highest BCUT2D eigenvalue weighted by Gasteiger charge is 2.20. The van der Waals surface area contributed by atoms with Gasteiger partial charge in [0, 0.05) is 0 Å². The van der Waals surface area contributed by atoms with Crippen LogP contribution in [0.15, 0.2) is 6.07 Å². The quantitative estimate of drug-likeness (QED) is 0.728. The topological polar surface area (TPSA) is 45.9 Å². The van der Waals surface area contributed by atoms with Crippen molar-refractivity contribution in [1.29, 1.82) is 5.26 Å². The van der Waals surface area contributed by atoms with Crippen LogP contribution >= 0.6 is 0 Å². The van der Waals surface area contributed by atoms with Crippen LogP contribution < -0.4 is 4.74 Å².